The Bertz CT molecular complexity index is 1230. The summed E-state index contributed by atoms with van der Waals surface area (Å²) in [6, 6.07) is 9.99. The molecule has 3 amide bonds. The highest BCUT2D eigenvalue weighted by Gasteiger charge is 2.31. The fraction of sp³-hybridized carbons (Fsp3) is 0.586. The summed E-state index contributed by atoms with van der Waals surface area (Å²) in [5, 5.41) is 2.70. The number of amides is 3. The fourth-order valence-electron chi connectivity index (χ4n) is 5.53. The van der Waals surface area contributed by atoms with Crippen molar-refractivity contribution in [2.75, 3.05) is 44.6 Å². The van der Waals surface area contributed by atoms with Crippen LogP contribution in [0, 0.1) is 5.92 Å². The van der Waals surface area contributed by atoms with Gasteiger partial charge in [0.25, 0.3) is 0 Å². The minimum atomic E-state index is -0.947. The van der Waals surface area contributed by atoms with Gasteiger partial charge in [0.1, 0.15) is 5.82 Å². The SMILES string of the molecule is CCN(CC1CC(N)C1)C(C)Cc1ccc(-n2ccc(NC(=O)N3CCN(C(=O)C(C)(C)N)CC3)nc2=O)cc1. The summed E-state index contributed by atoms with van der Waals surface area (Å²) in [5.74, 6) is 0.750. The molecule has 1 atom stereocenters. The van der Waals surface area contributed by atoms with Gasteiger partial charge in [0.2, 0.25) is 5.91 Å². The molecule has 1 saturated carbocycles. The van der Waals surface area contributed by atoms with Crippen LogP contribution < -0.4 is 22.5 Å². The zero-order valence-electron chi connectivity index (χ0n) is 24.2. The average molecular weight is 553 g/mol. The van der Waals surface area contributed by atoms with Gasteiger partial charge < -0.3 is 26.2 Å². The molecule has 218 valence electrons. The number of nitrogens with two attached hydrogens (primary N) is 2. The molecule has 2 fully saturated rings. The molecule has 40 heavy (non-hydrogen) atoms. The lowest BCUT2D eigenvalue weighted by atomic mass is 9.80. The number of piperazine rings is 1. The highest BCUT2D eigenvalue weighted by atomic mass is 16.2. The van der Waals surface area contributed by atoms with Crippen molar-refractivity contribution in [3.8, 4) is 5.69 Å². The Kier molecular flexibility index (Phi) is 9.27. The number of urea groups is 1. The number of nitrogens with one attached hydrogen (secondary N) is 1. The first-order valence-electron chi connectivity index (χ1n) is 14.3. The van der Waals surface area contributed by atoms with Gasteiger partial charge in [-0.25, -0.2) is 9.59 Å². The van der Waals surface area contributed by atoms with E-state index < -0.39 is 11.2 Å². The third-order valence-corrected chi connectivity index (χ3v) is 7.98. The zero-order chi connectivity index (χ0) is 29.0. The van der Waals surface area contributed by atoms with E-state index in [9.17, 15) is 14.4 Å². The molecule has 2 aromatic rings. The highest BCUT2D eigenvalue weighted by molar-refractivity contribution is 5.89. The second-order valence-electron chi connectivity index (χ2n) is 11.8. The van der Waals surface area contributed by atoms with E-state index in [4.69, 9.17) is 11.5 Å². The number of hydrogen-bond donors (Lipinski definition) is 3. The normalized spacial score (nSPS) is 20.3. The molecule has 4 rings (SSSR count). The molecule has 1 aliphatic heterocycles. The van der Waals surface area contributed by atoms with Gasteiger partial charge in [0.15, 0.2) is 0 Å². The van der Waals surface area contributed by atoms with Crippen molar-refractivity contribution >= 4 is 17.8 Å². The smallest absolute Gasteiger partial charge is 0.338 e. The molecule has 2 aliphatic rings. The molecule has 11 heteroatoms. The van der Waals surface area contributed by atoms with Gasteiger partial charge >= 0.3 is 11.7 Å². The largest absolute Gasteiger partial charge is 0.354 e. The van der Waals surface area contributed by atoms with Crippen LogP contribution in [-0.2, 0) is 11.2 Å². The quantitative estimate of drug-likeness (QED) is 0.429. The van der Waals surface area contributed by atoms with E-state index in [1.165, 1.54) is 10.1 Å². The van der Waals surface area contributed by atoms with Crippen LogP contribution in [0.5, 0.6) is 0 Å². The molecule has 1 aromatic heterocycles. The fourth-order valence-corrected chi connectivity index (χ4v) is 5.53. The lowest BCUT2D eigenvalue weighted by Gasteiger charge is -2.38. The van der Waals surface area contributed by atoms with E-state index in [1.807, 2.05) is 12.1 Å². The number of anilines is 1. The molecule has 0 spiro atoms. The highest BCUT2D eigenvalue weighted by Crippen LogP contribution is 2.27. The summed E-state index contributed by atoms with van der Waals surface area (Å²) < 4.78 is 1.46. The maximum atomic E-state index is 12.8. The summed E-state index contributed by atoms with van der Waals surface area (Å²) >= 11 is 0. The van der Waals surface area contributed by atoms with Crippen molar-refractivity contribution in [2.24, 2.45) is 17.4 Å². The van der Waals surface area contributed by atoms with Crippen molar-refractivity contribution in [1.82, 2.24) is 24.3 Å². The summed E-state index contributed by atoms with van der Waals surface area (Å²) in [6.07, 6.45) is 4.79. The predicted molar refractivity (Wildman–Crippen MR) is 156 cm³/mol. The Labute approximate surface area is 236 Å². The molecule has 1 saturated heterocycles. The monoisotopic (exact) mass is 552 g/mol. The molecule has 5 N–H and O–H groups in total. The molecule has 1 unspecified atom stereocenters. The lowest BCUT2D eigenvalue weighted by molar-refractivity contribution is -0.137. The van der Waals surface area contributed by atoms with E-state index in [2.05, 4.69) is 41.2 Å². The maximum Gasteiger partial charge on any atom is 0.354 e. The van der Waals surface area contributed by atoms with Crippen LogP contribution in [0.2, 0.25) is 0 Å². The summed E-state index contributed by atoms with van der Waals surface area (Å²) in [4.78, 5) is 47.7. The second-order valence-corrected chi connectivity index (χ2v) is 11.8. The minimum Gasteiger partial charge on any atom is -0.338 e. The predicted octanol–water partition coefficient (Wildman–Crippen LogP) is 1.64. The van der Waals surface area contributed by atoms with E-state index in [1.54, 1.807) is 35.9 Å². The number of hydrogen-bond acceptors (Lipinski definition) is 7. The maximum absolute atomic E-state index is 12.8. The van der Waals surface area contributed by atoms with Crippen molar-refractivity contribution < 1.29 is 9.59 Å². The molecule has 2 heterocycles. The molecular weight excluding hydrogens is 508 g/mol. The van der Waals surface area contributed by atoms with E-state index in [0.29, 0.717) is 49.9 Å². The summed E-state index contributed by atoms with van der Waals surface area (Å²) in [5.41, 5.74) is 12.4. The van der Waals surface area contributed by atoms with E-state index >= 15 is 0 Å². The van der Waals surface area contributed by atoms with Crippen LogP contribution in [0.25, 0.3) is 5.69 Å². The van der Waals surface area contributed by atoms with Gasteiger partial charge in [-0.2, -0.15) is 4.98 Å². The topological polar surface area (TPSA) is 143 Å². The Morgan fingerprint density at radius 2 is 1.73 bits per heavy atom. The number of aromatic nitrogens is 2. The lowest BCUT2D eigenvalue weighted by Crippen LogP contribution is -2.58. The van der Waals surface area contributed by atoms with Crippen LogP contribution in [0.3, 0.4) is 0 Å². The number of carbonyl (C=O) groups excluding carboxylic acids is 2. The molecule has 0 radical (unpaired) electrons. The minimum absolute atomic E-state index is 0.141. The number of benzene rings is 1. The van der Waals surface area contributed by atoms with E-state index in [-0.39, 0.29) is 17.8 Å². The average Bonchev–Trinajstić information content (AvgIpc) is 2.90. The van der Waals surface area contributed by atoms with Crippen LogP contribution in [-0.4, -0.2) is 93.1 Å². The number of carbonyl (C=O) groups is 2. The molecular formula is C29H44N8O3. The molecule has 1 aliphatic carbocycles. The van der Waals surface area contributed by atoms with Crippen molar-refractivity contribution in [3.05, 3.63) is 52.6 Å². The first-order chi connectivity index (χ1) is 18.9. The summed E-state index contributed by atoms with van der Waals surface area (Å²) in [6.45, 7) is 11.5. The van der Waals surface area contributed by atoms with Crippen LogP contribution >= 0.6 is 0 Å². The van der Waals surface area contributed by atoms with Crippen molar-refractivity contribution in [1.29, 1.82) is 0 Å². The van der Waals surface area contributed by atoms with Crippen LogP contribution in [0.1, 0.15) is 46.1 Å². The Hall–Kier alpha value is -3.28. The van der Waals surface area contributed by atoms with Crippen molar-refractivity contribution in [2.45, 2.75) is 64.6 Å². The molecule has 0 bridgehead atoms. The number of nitrogens with zero attached hydrogens (tertiary/aromatic N) is 5. The van der Waals surface area contributed by atoms with Gasteiger partial charge in [-0.15, -0.1) is 0 Å². The Morgan fingerprint density at radius 1 is 1.10 bits per heavy atom. The zero-order valence-corrected chi connectivity index (χ0v) is 24.2. The molecule has 1 aromatic carbocycles. The number of rotatable bonds is 9. The van der Waals surface area contributed by atoms with Crippen molar-refractivity contribution in [3.63, 3.8) is 0 Å². The second kappa shape index (κ2) is 12.5. The van der Waals surface area contributed by atoms with Gasteiger partial charge in [0.05, 0.1) is 11.2 Å². The molecule has 11 nitrogen and oxygen atoms in total. The van der Waals surface area contributed by atoms with Gasteiger partial charge in [0, 0.05) is 51.0 Å². The first-order valence-corrected chi connectivity index (χ1v) is 14.3. The van der Waals surface area contributed by atoms with Gasteiger partial charge in [-0.1, -0.05) is 19.1 Å². The number of likely N-dealkylation sites (N-methyl/N-ethyl adjacent to an activating group) is 1. The van der Waals surface area contributed by atoms with Gasteiger partial charge in [-0.3, -0.25) is 14.7 Å². The Balaban J connectivity index is 1.31. The standard InChI is InChI=1S/C29H44N8O3/c1-5-34(19-22-17-23(30)18-22)20(2)16-21-6-8-24(9-7-21)37-11-10-25(33-28(37)40)32-27(39)36-14-12-35(13-15-36)26(38)29(3,4)31/h6-11,20,22-23H,5,12-19,30-31H2,1-4H3,(H,32,33,39,40). The first kappa shape index (κ1) is 29.7. The van der Waals surface area contributed by atoms with Crippen LogP contribution in [0.4, 0.5) is 10.6 Å². The third-order valence-electron chi connectivity index (χ3n) is 7.98. The summed E-state index contributed by atoms with van der Waals surface area (Å²) in [7, 11) is 0. The third kappa shape index (κ3) is 7.26. The Morgan fingerprint density at radius 3 is 2.27 bits per heavy atom. The van der Waals surface area contributed by atoms with Crippen LogP contribution in [0.15, 0.2) is 41.3 Å². The van der Waals surface area contributed by atoms with Gasteiger partial charge in [-0.05, 0) is 76.3 Å². The van der Waals surface area contributed by atoms with E-state index in [0.717, 1.165) is 32.4 Å².